The molecular formula is C11H14BrN3O. The van der Waals surface area contributed by atoms with Gasteiger partial charge in [-0.15, -0.1) is 0 Å². The molecule has 3 rings (SSSR count). The summed E-state index contributed by atoms with van der Waals surface area (Å²) in [5, 5.41) is 6.52. The van der Waals surface area contributed by atoms with Crippen molar-refractivity contribution >= 4 is 22.0 Å². The summed E-state index contributed by atoms with van der Waals surface area (Å²) in [4.78, 5) is 11.9. The summed E-state index contributed by atoms with van der Waals surface area (Å²) >= 11 is 3.33. The van der Waals surface area contributed by atoms with Crippen molar-refractivity contribution in [1.82, 2.24) is 15.2 Å². The fourth-order valence-corrected chi connectivity index (χ4v) is 3.08. The molecule has 5 heteroatoms. The first kappa shape index (κ1) is 10.4. The fraction of sp³-hybridized carbons (Fsp3) is 0.545. The number of aromatic nitrogens is 1. The summed E-state index contributed by atoms with van der Waals surface area (Å²) < 4.78 is 2.50. The van der Waals surface area contributed by atoms with Crippen molar-refractivity contribution < 1.29 is 4.79 Å². The van der Waals surface area contributed by atoms with E-state index in [1.807, 2.05) is 6.07 Å². The lowest BCUT2D eigenvalue weighted by Crippen LogP contribution is -2.48. The monoisotopic (exact) mass is 283 g/mol. The molecule has 16 heavy (non-hydrogen) atoms. The van der Waals surface area contributed by atoms with E-state index >= 15 is 0 Å². The van der Waals surface area contributed by atoms with Crippen LogP contribution in [-0.2, 0) is 0 Å². The third kappa shape index (κ3) is 1.78. The van der Waals surface area contributed by atoms with Gasteiger partial charge in [-0.25, -0.2) is 4.79 Å². The number of fused-ring (bicyclic) bond motifs is 2. The SMILES string of the molecule is O=C(NC1CC2CNC1C2)n1ccc(Br)c1. The summed E-state index contributed by atoms with van der Waals surface area (Å²) in [7, 11) is 0. The molecule has 1 aromatic heterocycles. The van der Waals surface area contributed by atoms with Gasteiger partial charge in [-0.05, 0) is 47.3 Å². The lowest BCUT2D eigenvalue weighted by molar-refractivity contribution is 0.234. The number of rotatable bonds is 1. The fourth-order valence-electron chi connectivity index (χ4n) is 2.74. The molecule has 0 aromatic carbocycles. The Balaban J connectivity index is 1.65. The summed E-state index contributed by atoms with van der Waals surface area (Å²) in [5.41, 5.74) is 0. The molecule has 3 unspecified atom stereocenters. The number of carbonyl (C=O) groups excluding carboxylic acids is 1. The second kappa shape index (κ2) is 3.89. The van der Waals surface area contributed by atoms with Gasteiger partial charge >= 0.3 is 6.03 Å². The Bertz CT molecular complexity index is 417. The maximum atomic E-state index is 11.9. The van der Waals surface area contributed by atoms with Gasteiger partial charge in [-0.3, -0.25) is 4.57 Å². The highest BCUT2D eigenvalue weighted by molar-refractivity contribution is 9.10. The van der Waals surface area contributed by atoms with E-state index in [-0.39, 0.29) is 6.03 Å². The second-order valence-corrected chi connectivity index (χ2v) is 5.56. The first-order chi connectivity index (χ1) is 7.72. The molecular weight excluding hydrogens is 270 g/mol. The van der Waals surface area contributed by atoms with Crippen molar-refractivity contribution in [2.45, 2.75) is 24.9 Å². The molecule has 2 N–H and O–H groups in total. The Hall–Kier alpha value is -0.810. The standard InChI is InChI=1S/C11H14BrN3O/c12-8-1-2-15(6-8)11(16)14-10-4-7-3-9(10)13-5-7/h1-2,6-7,9-10,13H,3-5H2,(H,14,16). The van der Waals surface area contributed by atoms with E-state index < -0.39 is 0 Å². The number of halogens is 1. The van der Waals surface area contributed by atoms with Crippen LogP contribution in [0.5, 0.6) is 0 Å². The third-order valence-electron chi connectivity index (χ3n) is 3.53. The normalized spacial score (nSPS) is 31.9. The molecule has 1 saturated heterocycles. The van der Waals surface area contributed by atoms with Crippen LogP contribution in [0.2, 0.25) is 0 Å². The van der Waals surface area contributed by atoms with Crippen molar-refractivity contribution in [3.63, 3.8) is 0 Å². The number of carbonyl (C=O) groups is 1. The minimum Gasteiger partial charge on any atom is -0.333 e. The van der Waals surface area contributed by atoms with Crippen LogP contribution in [0.15, 0.2) is 22.9 Å². The van der Waals surface area contributed by atoms with E-state index in [2.05, 4.69) is 26.6 Å². The lowest BCUT2D eigenvalue weighted by Gasteiger charge is -2.23. The van der Waals surface area contributed by atoms with E-state index in [0.29, 0.717) is 12.1 Å². The molecule has 0 radical (unpaired) electrons. The van der Waals surface area contributed by atoms with Crippen LogP contribution in [0, 0.1) is 5.92 Å². The number of nitrogens with zero attached hydrogens (tertiary/aromatic N) is 1. The lowest BCUT2D eigenvalue weighted by atomic mass is 10.1. The van der Waals surface area contributed by atoms with E-state index in [1.165, 1.54) is 6.42 Å². The molecule has 0 spiro atoms. The predicted molar refractivity (Wildman–Crippen MR) is 64.4 cm³/mol. The molecule has 1 aliphatic heterocycles. The van der Waals surface area contributed by atoms with Crippen LogP contribution in [0.1, 0.15) is 12.8 Å². The Labute approximate surface area is 103 Å². The summed E-state index contributed by atoms with van der Waals surface area (Å²) in [5.74, 6) is 0.756. The molecule has 2 aliphatic rings. The van der Waals surface area contributed by atoms with Gasteiger partial charge in [0, 0.05) is 29.0 Å². The Morgan fingerprint density at radius 3 is 3.00 bits per heavy atom. The van der Waals surface area contributed by atoms with Crippen molar-refractivity contribution in [2.24, 2.45) is 5.92 Å². The zero-order valence-corrected chi connectivity index (χ0v) is 10.4. The van der Waals surface area contributed by atoms with Gasteiger partial charge in [0.2, 0.25) is 0 Å². The first-order valence-electron chi connectivity index (χ1n) is 5.60. The molecule has 3 atom stereocenters. The summed E-state index contributed by atoms with van der Waals surface area (Å²) in [6.45, 7) is 1.12. The van der Waals surface area contributed by atoms with Gasteiger partial charge in [0.1, 0.15) is 0 Å². The van der Waals surface area contributed by atoms with Crippen LogP contribution in [-0.4, -0.2) is 29.2 Å². The highest BCUT2D eigenvalue weighted by atomic mass is 79.9. The maximum Gasteiger partial charge on any atom is 0.325 e. The number of piperidine rings is 1. The van der Waals surface area contributed by atoms with Gasteiger partial charge in [-0.1, -0.05) is 0 Å². The molecule has 1 amide bonds. The summed E-state index contributed by atoms with van der Waals surface area (Å²) in [6.07, 6.45) is 5.86. The quantitative estimate of drug-likeness (QED) is 0.822. The van der Waals surface area contributed by atoms with E-state index in [1.54, 1.807) is 17.0 Å². The average Bonchev–Trinajstić information content (AvgIpc) is 2.92. The molecule has 1 aliphatic carbocycles. The number of nitrogens with one attached hydrogen (secondary N) is 2. The zero-order valence-electron chi connectivity index (χ0n) is 8.82. The number of amides is 1. The predicted octanol–water partition coefficient (Wildman–Crippen LogP) is 1.56. The van der Waals surface area contributed by atoms with Gasteiger partial charge in [0.25, 0.3) is 0 Å². The molecule has 86 valence electrons. The van der Waals surface area contributed by atoms with Gasteiger partial charge < -0.3 is 10.6 Å². The third-order valence-corrected chi connectivity index (χ3v) is 4.00. The average molecular weight is 284 g/mol. The molecule has 4 nitrogen and oxygen atoms in total. The summed E-state index contributed by atoms with van der Waals surface area (Å²) in [6, 6.07) is 2.60. The van der Waals surface area contributed by atoms with Gasteiger partial charge in [-0.2, -0.15) is 0 Å². The minimum atomic E-state index is -0.0370. The Morgan fingerprint density at radius 2 is 2.44 bits per heavy atom. The smallest absolute Gasteiger partial charge is 0.325 e. The van der Waals surface area contributed by atoms with E-state index in [4.69, 9.17) is 0 Å². The van der Waals surface area contributed by atoms with E-state index in [0.717, 1.165) is 23.4 Å². The van der Waals surface area contributed by atoms with Gasteiger partial charge in [0.15, 0.2) is 0 Å². The van der Waals surface area contributed by atoms with E-state index in [9.17, 15) is 4.79 Å². The van der Waals surface area contributed by atoms with Crippen LogP contribution >= 0.6 is 15.9 Å². The first-order valence-corrected chi connectivity index (χ1v) is 6.39. The molecule has 1 saturated carbocycles. The second-order valence-electron chi connectivity index (χ2n) is 4.65. The maximum absolute atomic E-state index is 11.9. The zero-order chi connectivity index (χ0) is 11.1. The topological polar surface area (TPSA) is 46.1 Å². The van der Waals surface area contributed by atoms with Gasteiger partial charge in [0.05, 0.1) is 0 Å². The van der Waals surface area contributed by atoms with Crippen LogP contribution in [0.25, 0.3) is 0 Å². The highest BCUT2D eigenvalue weighted by Crippen LogP contribution is 2.31. The van der Waals surface area contributed by atoms with Crippen molar-refractivity contribution in [3.8, 4) is 0 Å². The molecule has 1 aromatic rings. The Kier molecular flexibility index (Phi) is 2.52. The van der Waals surface area contributed by atoms with Crippen LogP contribution < -0.4 is 10.6 Å². The molecule has 2 fully saturated rings. The number of hydrogen-bond acceptors (Lipinski definition) is 2. The largest absolute Gasteiger partial charge is 0.333 e. The Morgan fingerprint density at radius 1 is 1.56 bits per heavy atom. The van der Waals surface area contributed by atoms with Crippen LogP contribution in [0.4, 0.5) is 4.79 Å². The number of hydrogen-bond donors (Lipinski definition) is 2. The highest BCUT2D eigenvalue weighted by Gasteiger charge is 2.40. The van der Waals surface area contributed by atoms with Crippen molar-refractivity contribution in [3.05, 3.63) is 22.9 Å². The van der Waals surface area contributed by atoms with Crippen LogP contribution in [0.3, 0.4) is 0 Å². The minimum absolute atomic E-state index is 0.0370. The molecule has 2 heterocycles. The van der Waals surface area contributed by atoms with Crippen molar-refractivity contribution in [1.29, 1.82) is 0 Å². The molecule has 2 bridgehead atoms. The van der Waals surface area contributed by atoms with Crippen molar-refractivity contribution in [2.75, 3.05) is 6.54 Å².